The van der Waals surface area contributed by atoms with E-state index in [9.17, 15) is 0 Å². The molecule has 0 radical (unpaired) electrons. The zero-order valence-corrected chi connectivity index (χ0v) is 18.9. The van der Waals surface area contributed by atoms with Crippen LogP contribution in [0.4, 0.5) is 5.82 Å². The Morgan fingerprint density at radius 1 is 0.906 bits per heavy atom. The maximum atomic E-state index is 6.11. The van der Waals surface area contributed by atoms with Crippen LogP contribution in [0.5, 0.6) is 0 Å². The van der Waals surface area contributed by atoms with Gasteiger partial charge in [0.25, 0.3) is 0 Å². The molecule has 0 aromatic carbocycles. The van der Waals surface area contributed by atoms with Crippen LogP contribution >= 0.6 is 11.6 Å². The molecule has 1 saturated heterocycles. The second-order valence-corrected chi connectivity index (χ2v) is 8.53. The van der Waals surface area contributed by atoms with Crippen molar-refractivity contribution in [3.63, 3.8) is 0 Å². The van der Waals surface area contributed by atoms with E-state index in [2.05, 4.69) is 34.0 Å². The third kappa shape index (κ3) is 4.59. The molecule has 0 spiro atoms. The van der Waals surface area contributed by atoms with Gasteiger partial charge in [0.05, 0.1) is 10.7 Å². The van der Waals surface area contributed by atoms with Crippen molar-refractivity contribution in [2.75, 3.05) is 31.1 Å². The highest BCUT2D eigenvalue weighted by atomic mass is 35.5. The van der Waals surface area contributed by atoms with Gasteiger partial charge in [-0.1, -0.05) is 18.5 Å². The van der Waals surface area contributed by atoms with E-state index >= 15 is 0 Å². The third-order valence-electron chi connectivity index (χ3n) is 5.83. The van der Waals surface area contributed by atoms with Gasteiger partial charge in [0, 0.05) is 74.8 Å². The Morgan fingerprint density at radius 2 is 1.78 bits per heavy atom. The summed E-state index contributed by atoms with van der Waals surface area (Å²) in [4.78, 5) is 23.4. The molecular weight excluding hydrogens is 422 g/mol. The number of aryl methyl sites for hydroxylation is 1. The van der Waals surface area contributed by atoms with E-state index in [-0.39, 0.29) is 0 Å². The molecular formula is C24H26ClN7. The average Bonchev–Trinajstić information content (AvgIpc) is 3.06. The summed E-state index contributed by atoms with van der Waals surface area (Å²) in [6.07, 6.45) is 9.50. The van der Waals surface area contributed by atoms with Gasteiger partial charge in [-0.25, -0.2) is 15.0 Å². The fourth-order valence-corrected chi connectivity index (χ4v) is 4.31. The molecule has 0 atom stereocenters. The molecule has 0 N–H and O–H groups in total. The predicted octanol–water partition coefficient (Wildman–Crippen LogP) is 4.11. The Hall–Kier alpha value is -3.03. The largest absolute Gasteiger partial charge is 0.355 e. The molecule has 4 aromatic heterocycles. The van der Waals surface area contributed by atoms with Crippen LogP contribution < -0.4 is 4.90 Å². The zero-order chi connectivity index (χ0) is 21.9. The summed E-state index contributed by atoms with van der Waals surface area (Å²) in [5.41, 5.74) is 4.06. The third-order valence-corrected chi connectivity index (χ3v) is 6.05. The normalized spacial score (nSPS) is 15.2. The van der Waals surface area contributed by atoms with Crippen LogP contribution in [-0.4, -0.2) is 55.4 Å². The Bertz CT molecular complexity index is 1210. The summed E-state index contributed by atoms with van der Waals surface area (Å²) in [7, 11) is 0. The lowest BCUT2D eigenvalue weighted by atomic mass is 10.2. The lowest BCUT2D eigenvalue weighted by Crippen LogP contribution is -2.31. The first kappa shape index (κ1) is 20.8. The van der Waals surface area contributed by atoms with Gasteiger partial charge in [-0.15, -0.1) is 0 Å². The number of rotatable bonds is 5. The number of nitrogens with zero attached hydrogens (tertiary/aromatic N) is 7. The number of hydrogen-bond donors (Lipinski definition) is 0. The average molecular weight is 448 g/mol. The van der Waals surface area contributed by atoms with Crippen molar-refractivity contribution in [3.8, 4) is 11.4 Å². The van der Waals surface area contributed by atoms with Crippen LogP contribution in [0, 0.1) is 0 Å². The lowest BCUT2D eigenvalue weighted by Gasteiger charge is -2.23. The molecule has 1 aliphatic rings. The minimum Gasteiger partial charge on any atom is -0.355 e. The smallest absolute Gasteiger partial charge is 0.161 e. The van der Waals surface area contributed by atoms with Gasteiger partial charge in [-0.2, -0.15) is 0 Å². The molecule has 4 aromatic rings. The quantitative estimate of drug-likeness (QED) is 0.458. The van der Waals surface area contributed by atoms with E-state index in [1.165, 1.54) is 0 Å². The molecule has 164 valence electrons. The standard InChI is InChI=1S/C24H26ClN7/c1-2-20-14-23(29-24(28-20)18-6-8-26-9-7-18)31-11-3-10-30(12-13-31)16-21-17-32-15-19(25)4-5-22(32)27-21/h4-9,14-15,17H,2-3,10-13,16H2,1H3. The van der Waals surface area contributed by atoms with Crippen molar-refractivity contribution in [2.24, 2.45) is 0 Å². The summed E-state index contributed by atoms with van der Waals surface area (Å²) in [6.45, 7) is 6.87. The first-order valence-electron chi connectivity index (χ1n) is 11.1. The summed E-state index contributed by atoms with van der Waals surface area (Å²) < 4.78 is 2.00. The molecule has 8 heteroatoms. The second kappa shape index (κ2) is 9.22. The van der Waals surface area contributed by atoms with E-state index in [0.29, 0.717) is 5.02 Å². The number of imidazole rings is 1. The van der Waals surface area contributed by atoms with Crippen molar-refractivity contribution in [1.29, 1.82) is 0 Å². The SMILES string of the molecule is CCc1cc(N2CCCN(Cc3cn4cc(Cl)ccc4n3)CC2)nc(-c2ccncc2)n1. The lowest BCUT2D eigenvalue weighted by molar-refractivity contribution is 0.282. The minimum atomic E-state index is 0.717. The van der Waals surface area contributed by atoms with E-state index in [0.717, 1.165) is 79.8 Å². The van der Waals surface area contributed by atoms with Crippen LogP contribution in [0.15, 0.2) is 55.1 Å². The van der Waals surface area contributed by atoms with Crippen LogP contribution in [0.25, 0.3) is 17.0 Å². The van der Waals surface area contributed by atoms with Gasteiger partial charge < -0.3 is 9.30 Å². The summed E-state index contributed by atoms with van der Waals surface area (Å²) in [5.74, 6) is 1.78. The molecule has 32 heavy (non-hydrogen) atoms. The molecule has 1 fully saturated rings. The van der Waals surface area contributed by atoms with Crippen LogP contribution in [0.3, 0.4) is 0 Å². The van der Waals surface area contributed by atoms with Crippen molar-refractivity contribution < 1.29 is 0 Å². The molecule has 0 saturated carbocycles. The van der Waals surface area contributed by atoms with E-state index in [1.807, 2.05) is 34.9 Å². The summed E-state index contributed by atoms with van der Waals surface area (Å²) in [6, 6.07) is 9.89. The van der Waals surface area contributed by atoms with Crippen LogP contribution in [0.2, 0.25) is 5.02 Å². The summed E-state index contributed by atoms with van der Waals surface area (Å²) >= 11 is 6.11. The number of aromatic nitrogens is 5. The number of hydrogen-bond acceptors (Lipinski definition) is 6. The number of pyridine rings is 2. The zero-order valence-electron chi connectivity index (χ0n) is 18.2. The van der Waals surface area contributed by atoms with Gasteiger partial charge in [0.1, 0.15) is 11.5 Å². The van der Waals surface area contributed by atoms with E-state index in [4.69, 9.17) is 26.6 Å². The van der Waals surface area contributed by atoms with Gasteiger partial charge in [0.2, 0.25) is 0 Å². The molecule has 5 rings (SSSR count). The molecule has 0 aliphatic carbocycles. The highest BCUT2D eigenvalue weighted by Gasteiger charge is 2.19. The Morgan fingerprint density at radius 3 is 2.62 bits per heavy atom. The first-order valence-corrected chi connectivity index (χ1v) is 11.4. The highest BCUT2D eigenvalue weighted by Crippen LogP contribution is 2.22. The molecule has 5 heterocycles. The number of halogens is 1. The molecule has 0 unspecified atom stereocenters. The van der Waals surface area contributed by atoms with Gasteiger partial charge in [0.15, 0.2) is 5.82 Å². The Balaban J connectivity index is 1.31. The molecule has 0 bridgehead atoms. The highest BCUT2D eigenvalue weighted by molar-refractivity contribution is 6.30. The second-order valence-electron chi connectivity index (χ2n) is 8.09. The molecule has 7 nitrogen and oxygen atoms in total. The fourth-order valence-electron chi connectivity index (χ4n) is 4.14. The maximum Gasteiger partial charge on any atom is 0.161 e. The Labute approximate surface area is 192 Å². The monoisotopic (exact) mass is 447 g/mol. The van der Waals surface area contributed by atoms with Crippen LogP contribution in [-0.2, 0) is 13.0 Å². The fraction of sp³-hybridized carbons (Fsp3) is 0.333. The summed E-state index contributed by atoms with van der Waals surface area (Å²) in [5, 5.41) is 0.717. The topological polar surface area (TPSA) is 62.5 Å². The van der Waals surface area contributed by atoms with Gasteiger partial charge in [-0.05, 0) is 37.1 Å². The molecule has 1 aliphatic heterocycles. The van der Waals surface area contributed by atoms with Crippen molar-refractivity contribution in [3.05, 3.63) is 71.5 Å². The van der Waals surface area contributed by atoms with Crippen LogP contribution in [0.1, 0.15) is 24.7 Å². The van der Waals surface area contributed by atoms with E-state index in [1.54, 1.807) is 12.4 Å². The van der Waals surface area contributed by atoms with Crippen molar-refractivity contribution in [2.45, 2.75) is 26.3 Å². The predicted molar refractivity (Wildman–Crippen MR) is 127 cm³/mol. The number of fused-ring (bicyclic) bond motifs is 1. The maximum absolute atomic E-state index is 6.11. The molecule has 0 amide bonds. The van der Waals surface area contributed by atoms with Gasteiger partial charge >= 0.3 is 0 Å². The first-order chi connectivity index (χ1) is 15.7. The van der Waals surface area contributed by atoms with Crippen molar-refractivity contribution >= 4 is 23.1 Å². The van der Waals surface area contributed by atoms with Gasteiger partial charge in [-0.3, -0.25) is 9.88 Å². The minimum absolute atomic E-state index is 0.717. The number of anilines is 1. The van der Waals surface area contributed by atoms with E-state index < -0.39 is 0 Å². The van der Waals surface area contributed by atoms with Crippen molar-refractivity contribution in [1.82, 2.24) is 29.2 Å². The Kier molecular flexibility index (Phi) is 6.01.